The Morgan fingerprint density at radius 3 is 2.88 bits per heavy atom. The third-order valence-electron chi connectivity index (χ3n) is 3.93. The van der Waals surface area contributed by atoms with Crippen molar-refractivity contribution >= 4 is 17.3 Å². The first kappa shape index (κ1) is 19.0. The van der Waals surface area contributed by atoms with Gasteiger partial charge in [0.25, 0.3) is 0 Å². The number of alkyl halides is 3. The molecule has 2 rings (SSSR count). The third kappa shape index (κ3) is 5.94. The van der Waals surface area contributed by atoms with Gasteiger partial charge < -0.3 is 15.5 Å². The average Bonchev–Trinajstić information content (AvgIpc) is 3.00. The molecule has 0 aliphatic carbocycles. The number of thiazole rings is 1. The van der Waals surface area contributed by atoms with E-state index in [-0.39, 0.29) is 6.54 Å². The van der Waals surface area contributed by atoms with Crippen molar-refractivity contribution < 1.29 is 13.2 Å². The van der Waals surface area contributed by atoms with E-state index < -0.39 is 11.9 Å². The molecule has 1 atom stereocenters. The molecular formula is C15H24F3N5S. The lowest BCUT2D eigenvalue weighted by Gasteiger charge is -2.30. The summed E-state index contributed by atoms with van der Waals surface area (Å²) in [6.45, 7) is 6.41. The van der Waals surface area contributed by atoms with Crippen LogP contribution in [0.1, 0.15) is 30.5 Å². The predicted octanol–water partition coefficient (Wildman–Crippen LogP) is 2.56. The molecule has 0 bridgehead atoms. The number of aliphatic imine (C=N–C) groups is 1. The van der Waals surface area contributed by atoms with Crippen molar-refractivity contribution in [3.8, 4) is 0 Å². The van der Waals surface area contributed by atoms with E-state index in [0.29, 0.717) is 11.0 Å². The lowest BCUT2D eigenvalue weighted by molar-refractivity contribution is -0.140. The molecule has 1 saturated heterocycles. The third-order valence-corrected chi connectivity index (χ3v) is 4.78. The minimum Gasteiger partial charge on any atom is -0.355 e. The molecule has 0 aromatic carbocycles. The van der Waals surface area contributed by atoms with Gasteiger partial charge in [-0.3, -0.25) is 4.99 Å². The van der Waals surface area contributed by atoms with Crippen LogP contribution in [0.3, 0.4) is 0 Å². The zero-order valence-corrected chi connectivity index (χ0v) is 14.8. The maximum Gasteiger partial charge on any atom is 0.434 e. The van der Waals surface area contributed by atoms with Crippen molar-refractivity contribution in [3.63, 3.8) is 0 Å². The van der Waals surface area contributed by atoms with Crippen LogP contribution in [0.5, 0.6) is 0 Å². The monoisotopic (exact) mass is 363 g/mol. The largest absolute Gasteiger partial charge is 0.434 e. The Bertz CT molecular complexity index is 543. The van der Waals surface area contributed by atoms with Gasteiger partial charge in [0.2, 0.25) is 0 Å². The van der Waals surface area contributed by atoms with E-state index >= 15 is 0 Å². The topological polar surface area (TPSA) is 52.6 Å². The van der Waals surface area contributed by atoms with Crippen LogP contribution in [0.4, 0.5) is 13.2 Å². The Morgan fingerprint density at radius 2 is 2.25 bits per heavy atom. The minimum absolute atomic E-state index is 0.223. The summed E-state index contributed by atoms with van der Waals surface area (Å²) in [6, 6.07) is 0. The van der Waals surface area contributed by atoms with Gasteiger partial charge in [0.1, 0.15) is 5.01 Å². The molecule has 1 aliphatic heterocycles. The molecule has 9 heteroatoms. The van der Waals surface area contributed by atoms with Gasteiger partial charge in [-0.2, -0.15) is 13.2 Å². The van der Waals surface area contributed by atoms with Gasteiger partial charge in [-0.05, 0) is 25.3 Å². The van der Waals surface area contributed by atoms with Crippen LogP contribution in [0, 0.1) is 5.92 Å². The maximum atomic E-state index is 12.5. The molecule has 0 amide bonds. The van der Waals surface area contributed by atoms with Crippen LogP contribution >= 0.6 is 11.3 Å². The van der Waals surface area contributed by atoms with Crippen LogP contribution in [0.2, 0.25) is 0 Å². The Morgan fingerprint density at radius 1 is 1.46 bits per heavy atom. The fourth-order valence-corrected chi connectivity index (χ4v) is 3.47. The van der Waals surface area contributed by atoms with E-state index in [0.717, 1.165) is 48.8 Å². The molecule has 24 heavy (non-hydrogen) atoms. The summed E-state index contributed by atoms with van der Waals surface area (Å²) in [7, 11) is 1.64. The van der Waals surface area contributed by atoms with Crippen molar-refractivity contribution in [2.24, 2.45) is 10.9 Å². The number of hydrogen-bond donors (Lipinski definition) is 2. The number of halogens is 3. The van der Waals surface area contributed by atoms with Gasteiger partial charge in [0, 0.05) is 32.1 Å². The first-order valence-electron chi connectivity index (χ1n) is 8.07. The second-order valence-corrected chi connectivity index (χ2v) is 6.97. The number of nitrogens with one attached hydrogen (secondary N) is 2. The number of nitrogens with zero attached hydrogens (tertiary/aromatic N) is 3. The van der Waals surface area contributed by atoms with Crippen LogP contribution < -0.4 is 10.6 Å². The second-order valence-electron chi connectivity index (χ2n) is 6.02. The molecule has 136 valence electrons. The Labute approximate surface area is 144 Å². The van der Waals surface area contributed by atoms with Crippen LogP contribution in [0.25, 0.3) is 0 Å². The SMILES string of the molecule is CN=C(NCCN1CCCC(C)C1)NCc1nc(C(F)(F)F)cs1. The predicted molar refractivity (Wildman–Crippen MR) is 90.2 cm³/mol. The molecule has 0 spiro atoms. The molecule has 2 N–H and O–H groups in total. The van der Waals surface area contributed by atoms with E-state index in [2.05, 4.69) is 32.4 Å². The summed E-state index contributed by atoms with van der Waals surface area (Å²) in [5.41, 5.74) is -0.841. The van der Waals surface area contributed by atoms with E-state index in [1.807, 2.05) is 0 Å². The molecule has 1 aromatic rings. The highest BCUT2D eigenvalue weighted by atomic mass is 32.1. The Kier molecular flexibility index (Phi) is 6.85. The normalized spacial score (nSPS) is 20.2. The number of piperidine rings is 1. The van der Waals surface area contributed by atoms with Crippen molar-refractivity contribution in [2.75, 3.05) is 33.2 Å². The van der Waals surface area contributed by atoms with Crippen molar-refractivity contribution in [1.29, 1.82) is 0 Å². The fourth-order valence-electron chi connectivity index (χ4n) is 2.72. The van der Waals surface area contributed by atoms with E-state index in [1.165, 1.54) is 12.8 Å². The molecule has 1 fully saturated rings. The second kappa shape index (κ2) is 8.66. The number of aromatic nitrogens is 1. The van der Waals surface area contributed by atoms with Crippen LogP contribution in [-0.4, -0.2) is 49.1 Å². The smallest absolute Gasteiger partial charge is 0.355 e. The summed E-state index contributed by atoms with van der Waals surface area (Å²) >= 11 is 0.991. The first-order valence-corrected chi connectivity index (χ1v) is 8.95. The van der Waals surface area contributed by atoms with Gasteiger partial charge in [-0.1, -0.05) is 6.92 Å². The molecule has 1 aromatic heterocycles. The molecule has 0 saturated carbocycles. The van der Waals surface area contributed by atoms with E-state index in [4.69, 9.17) is 0 Å². The Balaban J connectivity index is 1.71. The summed E-state index contributed by atoms with van der Waals surface area (Å²) < 4.78 is 37.6. The zero-order chi connectivity index (χ0) is 17.6. The lowest BCUT2D eigenvalue weighted by atomic mass is 10.0. The number of likely N-dealkylation sites (tertiary alicyclic amines) is 1. The lowest BCUT2D eigenvalue weighted by Crippen LogP contribution is -2.43. The van der Waals surface area contributed by atoms with Gasteiger partial charge in [0.15, 0.2) is 11.7 Å². The molecule has 5 nitrogen and oxygen atoms in total. The van der Waals surface area contributed by atoms with Gasteiger partial charge in [-0.15, -0.1) is 11.3 Å². The Hall–Kier alpha value is -1.35. The summed E-state index contributed by atoms with van der Waals surface area (Å²) in [5, 5.41) is 7.61. The van der Waals surface area contributed by atoms with Crippen molar-refractivity contribution in [1.82, 2.24) is 20.5 Å². The number of rotatable bonds is 5. The quantitative estimate of drug-likeness (QED) is 0.624. The van der Waals surface area contributed by atoms with E-state index in [1.54, 1.807) is 7.05 Å². The summed E-state index contributed by atoms with van der Waals surface area (Å²) in [5.74, 6) is 1.31. The van der Waals surface area contributed by atoms with Gasteiger partial charge in [0.05, 0.1) is 6.54 Å². The number of guanidine groups is 1. The standard InChI is InChI=1S/C15H24F3N5S/c1-11-4-3-6-23(9-11)7-5-20-14(19-2)21-8-13-22-12(10-24-13)15(16,17)18/h10-11H,3-9H2,1-2H3,(H2,19,20,21). The van der Waals surface area contributed by atoms with Gasteiger partial charge in [-0.25, -0.2) is 4.98 Å². The number of hydrogen-bond acceptors (Lipinski definition) is 4. The molecular weight excluding hydrogens is 339 g/mol. The maximum absolute atomic E-state index is 12.5. The highest BCUT2D eigenvalue weighted by Gasteiger charge is 2.33. The average molecular weight is 363 g/mol. The summed E-state index contributed by atoms with van der Waals surface area (Å²) in [6.07, 6.45) is -1.86. The first-order chi connectivity index (χ1) is 11.4. The van der Waals surface area contributed by atoms with Crippen molar-refractivity contribution in [3.05, 3.63) is 16.1 Å². The zero-order valence-electron chi connectivity index (χ0n) is 14.0. The summed E-state index contributed by atoms with van der Waals surface area (Å²) in [4.78, 5) is 10.1. The van der Waals surface area contributed by atoms with Crippen molar-refractivity contribution in [2.45, 2.75) is 32.5 Å². The molecule has 0 radical (unpaired) electrons. The van der Waals surface area contributed by atoms with Crippen LogP contribution in [-0.2, 0) is 12.7 Å². The highest BCUT2D eigenvalue weighted by Crippen LogP contribution is 2.29. The molecule has 1 aliphatic rings. The minimum atomic E-state index is -4.39. The molecule has 1 unspecified atom stereocenters. The molecule has 2 heterocycles. The fraction of sp³-hybridized carbons (Fsp3) is 0.733. The van der Waals surface area contributed by atoms with Crippen LogP contribution in [0.15, 0.2) is 10.4 Å². The van der Waals surface area contributed by atoms with E-state index in [9.17, 15) is 13.2 Å². The highest BCUT2D eigenvalue weighted by molar-refractivity contribution is 7.09. The van der Waals surface area contributed by atoms with Gasteiger partial charge >= 0.3 is 6.18 Å².